The van der Waals surface area contributed by atoms with Gasteiger partial charge in [-0.2, -0.15) is 0 Å². The summed E-state index contributed by atoms with van der Waals surface area (Å²) in [5.41, 5.74) is 1.72. The lowest BCUT2D eigenvalue weighted by Gasteiger charge is -2.17. The smallest absolute Gasteiger partial charge is 0.185 e. The van der Waals surface area contributed by atoms with Gasteiger partial charge in [-0.15, -0.1) is 0 Å². The Morgan fingerprint density at radius 3 is 2.71 bits per heavy atom. The van der Waals surface area contributed by atoms with Gasteiger partial charge in [-0.3, -0.25) is 9.36 Å². The van der Waals surface area contributed by atoms with Gasteiger partial charge in [-0.05, 0) is 28.0 Å². The van der Waals surface area contributed by atoms with Crippen molar-refractivity contribution in [3.63, 3.8) is 0 Å². The zero-order valence-corrected chi connectivity index (χ0v) is 17.1. The Bertz CT molecular complexity index is 710. The molecule has 7 heteroatoms. The van der Waals surface area contributed by atoms with Crippen molar-refractivity contribution < 1.29 is 14.3 Å². The second kappa shape index (κ2) is 8.09. The number of benzene rings is 1. The average molecular weight is 411 g/mol. The number of imidazole rings is 1. The second-order valence-corrected chi connectivity index (χ2v) is 13.1. The molecule has 0 amide bonds. The number of hydrogen-bond acceptors (Lipinski definition) is 4. The highest BCUT2D eigenvalue weighted by molar-refractivity contribution is 9.10. The molecule has 2 aromatic rings. The molecular weight excluding hydrogens is 388 g/mol. The number of ether oxygens (including phenoxy) is 2. The monoisotopic (exact) mass is 410 g/mol. The molecule has 0 atom stereocenters. The average Bonchev–Trinajstić information content (AvgIpc) is 2.93. The fourth-order valence-electron chi connectivity index (χ4n) is 2.24. The maximum atomic E-state index is 11.3. The number of halogens is 1. The van der Waals surface area contributed by atoms with Gasteiger partial charge in [-0.1, -0.05) is 31.8 Å². The Morgan fingerprint density at radius 2 is 2.08 bits per heavy atom. The Balaban J connectivity index is 2.26. The second-order valence-electron chi connectivity index (χ2n) is 6.72. The quantitative estimate of drug-likeness (QED) is 0.366. The number of hydrogen-bond donors (Lipinski definition) is 0. The highest BCUT2D eigenvalue weighted by Gasteiger charge is 2.17. The summed E-state index contributed by atoms with van der Waals surface area (Å²) in [5, 5.41) is 0. The summed E-state index contributed by atoms with van der Waals surface area (Å²) in [6.07, 6.45) is 2.44. The third-order valence-corrected chi connectivity index (χ3v) is 6.19. The van der Waals surface area contributed by atoms with E-state index in [0.29, 0.717) is 19.2 Å². The molecule has 0 unspecified atom stereocenters. The largest absolute Gasteiger partial charge is 0.496 e. The number of methoxy groups -OCH3 is 1. The number of rotatable bonds is 8. The van der Waals surface area contributed by atoms with E-state index in [9.17, 15) is 4.79 Å². The van der Waals surface area contributed by atoms with Crippen molar-refractivity contribution >= 4 is 30.3 Å². The number of carbonyl (C=O) groups is 1. The van der Waals surface area contributed by atoms with Crippen LogP contribution in [-0.4, -0.2) is 37.6 Å². The van der Waals surface area contributed by atoms with Crippen LogP contribution in [0.5, 0.6) is 5.75 Å². The van der Waals surface area contributed by atoms with Crippen LogP contribution < -0.4 is 4.74 Å². The van der Waals surface area contributed by atoms with E-state index in [0.717, 1.165) is 33.8 Å². The van der Waals surface area contributed by atoms with Gasteiger partial charge in [-0.25, -0.2) is 4.98 Å². The molecule has 0 bridgehead atoms. The zero-order valence-electron chi connectivity index (χ0n) is 14.5. The highest BCUT2D eigenvalue weighted by Crippen LogP contribution is 2.35. The molecule has 24 heavy (non-hydrogen) atoms. The molecule has 0 aliphatic heterocycles. The lowest BCUT2D eigenvalue weighted by molar-refractivity contribution is 0.0841. The van der Waals surface area contributed by atoms with Crippen LogP contribution >= 0.6 is 15.9 Å². The molecule has 130 valence electrons. The minimum Gasteiger partial charge on any atom is -0.496 e. The fraction of sp³-hybridized carbons (Fsp3) is 0.412. The molecule has 1 heterocycles. The van der Waals surface area contributed by atoms with Crippen molar-refractivity contribution in [1.82, 2.24) is 9.55 Å². The molecule has 0 saturated carbocycles. The first-order valence-corrected chi connectivity index (χ1v) is 12.3. The van der Waals surface area contributed by atoms with E-state index in [1.54, 1.807) is 17.9 Å². The van der Waals surface area contributed by atoms with Crippen LogP contribution in [0, 0.1) is 0 Å². The van der Waals surface area contributed by atoms with E-state index in [2.05, 4.69) is 40.6 Å². The highest BCUT2D eigenvalue weighted by atomic mass is 79.9. The van der Waals surface area contributed by atoms with Gasteiger partial charge in [0.1, 0.15) is 12.5 Å². The summed E-state index contributed by atoms with van der Waals surface area (Å²) in [6, 6.07) is 6.81. The van der Waals surface area contributed by atoms with E-state index >= 15 is 0 Å². The van der Waals surface area contributed by atoms with Crippen LogP contribution in [-0.2, 0) is 11.5 Å². The molecule has 0 spiro atoms. The first-order chi connectivity index (χ1) is 11.4. The number of carbonyl (C=O) groups excluding carboxylic acids is 1. The van der Waals surface area contributed by atoms with Crippen molar-refractivity contribution in [2.24, 2.45) is 0 Å². The van der Waals surface area contributed by atoms with Crippen molar-refractivity contribution in [2.45, 2.75) is 32.4 Å². The van der Waals surface area contributed by atoms with Crippen molar-refractivity contribution in [3.05, 3.63) is 34.7 Å². The molecule has 2 rings (SSSR count). The number of aldehydes is 1. The molecule has 0 fully saturated rings. The number of nitrogens with zero attached hydrogens (tertiary/aromatic N) is 2. The molecule has 0 aliphatic carbocycles. The summed E-state index contributed by atoms with van der Waals surface area (Å²) in [6.45, 7) is 7.91. The summed E-state index contributed by atoms with van der Waals surface area (Å²) in [4.78, 5) is 15.5. The van der Waals surface area contributed by atoms with E-state index in [-0.39, 0.29) is 0 Å². The summed E-state index contributed by atoms with van der Waals surface area (Å²) >= 11 is 3.56. The van der Waals surface area contributed by atoms with Crippen LogP contribution in [0.2, 0.25) is 25.7 Å². The third-order valence-electron chi connectivity index (χ3n) is 3.67. The van der Waals surface area contributed by atoms with Gasteiger partial charge in [0.25, 0.3) is 0 Å². The van der Waals surface area contributed by atoms with Crippen LogP contribution in [0.1, 0.15) is 10.6 Å². The molecule has 0 radical (unpaired) electrons. The van der Waals surface area contributed by atoms with Gasteiger partial charge < -0.3 is 9.47 Å². The lowest BCUT2D eigenvalue weighted by Crippen LogP contribution is -2.22. The first-order valence-electron chi connectivity index (χ1n) is 7.78. The van der Waals surface area contributed by atoms with E-state index in [4.69, 9.17) is 9.47 Å². The first kappa shape index (κ1) is 18.9. The molecular formula is C17H23BrN2O3Si. The molecule has 1 aromatic heterocycles. The Kier molecular flexibility index (Phi) is 6.37. The Morgan fingerprint density at radius 1 is 1.33 bits per heavy atom. The summed E-state index contributed by atoms with van der Waals surface area (Å²) < 4.78 is 13.8. The van der Waals surface area contributed by atoms with Gasteiger partial charge in [0, 0.05) is 20.2 Å². The van der Waals surface area contributed by atoms with Crippen LogP contribution in [0.4, 0.5) is 0 Å². The van der Waals surface area contributed by atoms with Gasteiger partial charge in [0.2, 0.25) is 0 Å². The van der Waals surface area contributed by atoms with Crippen LogP contribution in [0.3, 0.4) is 0 Å². The minimum absolute atomic E-state index is 0.303. The summed E-state index contributed by atoms with van der Waals surface area (Å²) in [7, 11) is 0.479. The maximum absolute atomic E-state index is 11.3. The van der Waals surface area contributed by atoms with E-state index < -0.39 is 8.07 Å². The molecule has 1 aromatic carbocycles. The maximum Gasteiger partial charge on any atom is 0.185 e. The minimum atomic E-state index is -1.14. The van der Waals surface area contributed by atoms with E-state index in [1.807, 2.05) is 18.2 Å². The van der Waals surface area contributed by atoms with Gasteiger partial charge in [0.15, 0.2) is 12.1 Å². The number of aromatic nitrogens is 2. The van der Waals surface area contributed by atoms with Gasteiger partial charge in [0.05, 0.1) is 23.5 Å². The lowest BCUT2D eigenvalue weighted by atomic mass is 10.1. The molecule has 0 saturated heterocycles. The topological polar surface area (TPSA) is 53.3 Å². The Hall–Kier alpha value is -1.44. The predicted molar refractivity (Wildman–Crippen MR) is 101 cm³/mol. The van der Waals surface area contributed by atoms with Crippen LogP contribution in [0.25, 0.3) is 11.3 Å². The van der Waals surface area contributed by atoms with Crippen molar-refractivity contribution in [1.29, 1.82) is 0 Å². The van der Waals surface area contributed by atoms with Crippen molar-refractivity contribution in [2.75, 3.05) is 13.7 Å². The Labute approximate surface area is 152 Å². The van der Waals surface area contributed by atoms with Crippen LogP contribution in [0.15, 0.2) is 28.9 Å². The zero-order chi connectivity index (χ0) is 17.7. The molecule has 0 N–H and O–H groups in total. The molecule has 0 aliphatic rings. The predicted octanol–water partition coefficient (Wildman–Crippen LogP) is 4.45. The summed E-state index contributed by atoms with van der Waals surface area (Å²) in [5.74, 6) is 1.08. The van der Waals surface area contributed by atoms with Gasteiger partial charge >= 0.3 is 0 Å². The SMILES string of the molecule is COc1cccc(-c2cnc(C=O)n2COCC[Si](C)(C)C)c1Br. The fourth-order valence-corrected chi connectivity index (χ4v) is 3.62. The van der Waals surface area contributed by atoms with Crippen molar-refractivity contribution in [3.8, 4) is 17.0 Å². The third kappa shape index (κ3) is 4.55. The van der Waals surface area contributed by atoms with E-state index in [1.165, 1.54) is 0 Å². The standard InChI is InChI=1S/C17H23BrN2O3Si/c1-22-15-7-5-6-13(17(15)18)14-10-19-16(11-21)20(14)12-23-8-9-24(2,3)4/h5-7,10-11H,8-9,12H2,1-4H3. The normalized spacial score (nSPS) is 11.5. The molecule has 5 nitrogen and oxygen atoms in total.